The summed E-state index contributed by atoms with van der Waals surface area (Å²) in [7, 11) is 3.72. The van der Waals surface area contributed by atoms with Crippen molar-refractivity contribution in [1.29, 1.82) is 0 Å². The summed E-state index contributed by atoms with van der Waals surface area (Å²) in [6.07, 6.45) is -3.44. The number of ether oxygens (including phenoxy) is 5. The van der Waals surface area contributed by atoms with Crippen molar-refractivity contribution in [2.24, 2.45) is 27.9 Å². The molecular formula is C41H60N6O11S. The lowest BCUT2D eigenvalue weighted by molar-refractivity contribution is -0.296. The molecule has 0 aromatic carbocycles. The molecule has 1 amide bonds. The Kier molecular flexibility index (Phi) is 15.6. The van der Waals surface area contributed by atoms with Gasteiger partial charge in [0.2, 0.25) is 5.91 Å². The Hall–Kier alpha value is -3.62. The van der Waals surface area contributed by atoms with Gasteiger partial charge in [-0.2, -0.15) is 0 Å². The first-order valence-electron chi connectivity index (χ1n) is 20.2. The summed E-state index contributed by atoms with van der Waals surface area (Å²) in [5, 5.41) is 36.9. The molecule has 0 aliphatic carbocycles. The Morgan fingerprint density at radius 1 is 1.14 bits per heavy atom. The van der Waals surface area contributed by atoms with E-state index in [-0.39, 0.29) is 56.9 Å². The number of oxime groups is 1. The summed E-state index contributed by atoms with van der Waals surface area (Å²) in [6.45, 7) is 12.9. The molecule has 2 aromatic heterocycles. The molecule has 326 valence electrons. The third-order valence-corrected chi connectivity index (χ3v) is 12.3. The molecule has 3 aliphatic heterocycles. The fourth-order valence-electron chi connectivity index (χ4n) is 8.14. The van der Waals surface area contributed by atoms with Crippen molar-refractivity contribution in [3.05, 3.63) is 29.4 Å². The van der Waals surface area contributed by atoms with Crippen LogP contribution in [0.2, 0.25) is 0 Å². The molecule has 3 aliphatic rings. The van der Waals surface area contributed by atoms with Gasteiger partial charge in [-0.15, -0.1) is 10.2 Å². The third kappa shape index (κ3) is 11.2. The van der Waals surface area contributed by atoms with E-state index >= 15 is 0 Å². The Labute approximate surface area is 349 Å². The van der Waals surface area contributed by atoms with Gasteiger partial charge in [0.25, 0.3) is 0 Å². The van der Waals surface area contributed by atoms with Gasteiger partial charge in [-0.05, 0) is 73.0 Å². The highest BCUT2D eigenvalue weighted by atomic mass is 32.1. The van der Waals surface area contributed by atoms with Crippen molar-refractivity contribution in [2.45, 2.75) is 142 Å². The fourth-order valence-corrected chi connectivity index (χ4v) is 8.67. The van der Waals surface area contributed by atoms with Gasteiger partial charge in [-0.25, -0.2) is 4.99 Å². The molecule has 18 heteroatoms. The van der Waals surface area contributed by atoms with E-state index in [1.807, 2.05) is 45.0 Å². The maximum atomic E-state index is 14.5. The normalized spacial score (nSPS) is 36.8. The van der Waals surface area contributed by atoms with Crippen LogP contribution in [0.25, 0.3) is 10.7 Å². The topological polar surface area (TPSA) is 214 Å². The van der Waals surface area contributed by atoms with Crippen LogP contribution >= 0.6 is 11.3 Å². The van der Waals surface area contributed by atoms with Crippen LogP contribution in [-0.4, -0.2) is 141 Å². The quantitative estimate of drug-likeness (QED) is 0.220. The number of cyclic esters (lactones) is 1. The number of esters is 1. The Bertz CT molecular complexity index is 1810. The lowest BCUT2D eigenvalue weighted by Gasteiger charge is -2.47. The number of hydrogen-bond donors (Lipinski definition) is 2. The van der Waals surface area contributed by atoms with Gasteiger partial charge < -0.3 is 43.6 Å². The van der Waals surface area contributed by atoms with E-state index in [4.69, 9.17) is 28.5 Å². The fraction of sp³-hybridized carbons (Fsp3) is 0.707. The van der Waals surface area contributed by atoms with E-state index in [0.717, 1.165) is 5.56 Å². The molecule has 5 heterocycles. The number of carbonyl (C=O) groups is 3. The van der Waals surface area contributed by atoms with Crippen LogP contribution in [-0.2, 0) is 49.5 Å². The number of Topliss-reactive ketones (excluding diaryl/α,β-unsaturated/α-hetero) is 1. The predicted octanol–water partition coefficient (Wildman–Crippen LogP) is 3.79. The summed E-state index contributed by atoms with van der Waals surface area (Å²) < 4.78 is 32.2. The average Bonchev–Trinajstić information content (AvgIpc) is 3.73. The zero-order valence-corrected chi connectivity index (χ0v) is 36.5. The SMILES string of the molecule is CC[C@@H]1OC(=O)[C@H](C)C(=O)[C@H](C)[C@@H](O[C@@H]2O[C@H](C)C[C@H](N(C)C)[C@H]2O)[C@@]2(C)C[C@@H](C)C(=NC(C)=O)C[C@H](OC/C(=N/OCc3ccc(-c4nncs4)nc3)CO2)[C@]1(C)O. The molecule has 17 nitrogen and oxygen atoms in total. The maximum absolute atomic E-state index is 14.5. The van der Waals surface area contributed by atoms with Crippen LogP contribution < -0.4 is 0 Å². The molecule has 3 fully saturated rings. The first kappa shape index (κ1) is 46.4. The Morgan fingerprint density at radius 3 is 2.51 bits per heavy atom. The molecule has 0 saturated carbocycles. The number of nitrogens with zero attached hydrogens (tertiary/aromatic N) is 6. The van der Waals surface area contributed by atoms with Crippen LogP contribution in [0.5, 0.6) is 0 Å². The molecule has 2 N–H and O–H groups in total. The second-order valence-corrected chi connectivity index (χ2v) is 17.5. The molecule has 12 atom stereocenters. The Morgan fingerprint density at radius 2 is 1.88 bits per heavy atom. The standard InChI is InChI=1S/C41H60N6O11S/c1-11-32-41(8,52)33-15-30(44-26(6)48)22(2)16-40(7,54-20-28(19-53-33)46-55-18-27-12-13-29(42-17-27)37-45-43-21-59-37)36(24(4)34(49)25(5)38(51)57-32)58-39-35(50)31(47(9)10)14-23(3)56-39/h12-13,17,21-25,31-33,35-36,39,50,52H,11,14-16,18-20H2,1-10H3/b44-30?,46-28-/t22-,23-,24+,25-,31+,32+,33+,35-,36-,39+,40-,41-/m1/s1. The van der Waals surface area contributed by atoms with Crippen molar-refractivity contribution in [3.63, 3.8) is 0 Å². The van der Waals surface area contributed by atoms with Crippen molar-refractivity contribution in [3.8, 4) is 10.7 Å². The first-order valence-corrected chi connectivity index (χ1v) is 21.1. The van der Waals surface area contributed by atoms with Crippen LogP contribution in [0, 0.1) is 17.8 Å². The highest BCUT2D eigenvalue weighted by Gasteiger charge is 2.51. The van der Waals surface area contributed by atoms with Gasteiger partial charge in [0.1, 0.15) is 47.2 Å². The van der Waals surface area contributed by atoms with Crippen LogP contribution in [0.3, 0.4) is 0 Å². The molecule has 0 unspecified atom stereocenters. The number of likely N-dealkylation sites (N-methyl/N-ethyl adjacent to an activating group) is 1. The number of aromatic nitrogens is 3. The van der Waals surface area contributed by atoms with Crippen molar-refractivity contribution in [1.82, 2.24) is 20.1 Å². The minimum Gasteiger partial charge on any atom is -0.459 e. The second-order valence-electron chi connectivity index (χ2n) is 16.7. The van der Waals surface area contributed by atoms with E-state index in [1.54, 1.807) is 32.5 Å². The smallest absolute Gasteiger partial charge is 0.316 e. The minimum atomic E-state index is -1.83. The van der Waals surface area contributed by atoms with Gasteiger partial charge >= 0.3 is 5.97 Å². The van der Waals surface area contributed by atoms with E-state index in [9.17, 15) is 24.6 Å². The molecule has 0 radical (unpaired) electrons. The van der Waals surface area contributed by atoms with E-state index in [2.05, 4.69) is 25.3 Å². The number of fused-ring (bicyclic) bond motifs is 5. The van der Waals surface area contributed by atoms with Crippen molar-refractivity contribution < 1.29 is 53.1 Å². The van der Waals surface area contributed by atoms with Crippen LogP contribution in [0.15, 0.2) is 34.0 Å². The Balaban J connectivity index is 1.60. The summed E-state index contributed by atoms with van der Waals surface area (Å²) >= 11 is 1.37. The van der Waals surface area contributed by atoms with E-state index < -0.39 is 77.3 Å². The molecule has 0 spiro atoms. The molecular weight excluding hydrogens is 785 g/mol. The molecule has 3 saturated heterocycles. The van der Waals surface area contributed by atoms with Crippen molar-refractivity contribution in [2.75, 3.05) is 27.3 Å². The number of aliphatic hydroxyl groups excluding tert-OH is 1. The molecule has 2 bridgehead atoms. The number of ketones is 1. The predicted molar refractivity (Wildman–Crippen MR) is 217 cm³/mol. The van der Waals surface area contributed by atoms with Gasteiger partial charge in [-0.3, -0.25) is 19.4 Å². The lowest BCUT2D eigenvalue weighted by atomic mass is 9.76. The molecule has 5 rings (SSSR count). The summed E-state index contributed by atoms with van der Waals surface area (Å²) in [5.74, 6) is -4.58. The zero-order valence-electron chi connectivity index (χ0n) is 35.7. The number of hydrogen-bond acceptors (Lipinski definition) is 17. The zero-order chi connectivity index (χ0) is 43.2. The molecule has 59 heavy (non-hydrogen) atoms. The van der Waals surface area contributed by atoms with Crippen LogP contribution in [0.4, 0.5) is 0 Å². The average molecular weight is 845 g/mol. The minimum absolute atomic E-state index is 0.0271. The summed E-state index contributed by atoms with van der Waals surface area (Å²) in [6, 6.07) is 3.33. The summed E-state index contributed by atoms with van der Waals surface area (Å²) in [5.41, 5.74) is 0.494. The monoisotopic (exact) mass is 844 g/mol. The van der Waals surface area contributed by atoms with Gasteiger partial charge in [0, 0.05) is 42.8 Å². The first-order chi connectivity index (χ1) is 27.8. The van der Waals surface area contributed by atoms with E-state index in [1.165, 1.54) is 32.1 Å². The number of pyridine rings is 1. The van der Waals surface area contributed by atoms with Crippen LogP contribution in [0.1, 0.15) is 86.6 Å². The number of aliphatic hydroxyl groups is 2. The second kappa shape index (κ2) is 19.8. The number of carbonyl (C=O) groups excluding carboxylic acids is 3. The molecule has 2 aromatic rings. The number of aliphatic imine (C=N–C) groups is 1. The van der Waals surface area contributed by atoms with Gasteiger partial charge in [0.15, 0.2) is 17.1 Å². The third-order valence-electron chi connectivity index (χ3n) is 11.6. The lowest BCUT2D eigenvalue weighted by Crippen LogP contribution is -2.59. The highest BCUT2D eigenvalue weighted by Crippen LogP contribution is 2.39. The maximum Gasteiger partial charge on any atom is 0.316 e. The summed E-state index contributed by atoms with van der Waals surface area (Å²) in [4.78, 5) is 57.6. The highest BCUT2D eigenvalue weighted by molar-refractivity contribution is 7.12. The van der Waals surface area contributed by atoms with E-state index in [0.29, 0.717) is 22.8 Å². The number of amides is 1. The van der Waals surface area contributed by atoms with Gasteiger partial charge in [-0.1, -0.05) is 43.3 Å². The van der Waals surface area contributed by atoms with Gasteiger partial charge in [0.05, 0.1) is 37.1 Å². The van der Waals surface area contributed by atoms with Crippen molar-refractivity contribution >= 4 is 40.4 Å². The largest absolute Gasteiger partial charge is 0.459 e. The number of rotatable bonds is 8.